The first-order valence-electron chi connectivity index (χ1n) is 6.34. The van der Waals surface area contributed by atoms with Crippen LogP contribution in [0.1, 0.15) is 35.5 Å². The first-order valence-corrected chi connectivity index (χ1v) is 6.34. The third kappa shape index (κ3) is 2.58. The van der Waals surface area contributed by atoms with Gasteiger partial charge in [-0.15, -0.1) is 0 Å². The van der Waals surface area contributed by atoms with E-state index in [9.17, 15) is 4.79 Å². The van der Waals surface area contributed by atoms with E-state index in [2.05, 4.69) is 31.1 Å². The summed E-state index contributed by atoms with van der Waals surface area (Å²) in [5.74, 6) is 0. The highest BCUT2D eigenvalue weighted by atomic mass is 16.1. The normalized spacial score (nSPS) is 12.5. The van der Waals surface area contributed by atoms with Crippen molar-refractivity contribution < 1.29 is 0 Å². The van der Waals surface area contributed by atoms with Crippen molar-refractivity contribution in [1.82, 2.24) is 9.78 Å². The van der Waals surface area contributed by atoms with Crippen molar-refractivity contribution in [2.45, 2.75) is 33.7 Å². The number of nitrogens with two attached hydrogens (primary N) is 1. The van der Waals surface area contributed by atoms with Crippen molar-refractivity contribution in [1.29, 1.82) is 0 Å². The monoisotopic (exact) mass is 257 g/mol. The maximum atomic E-state index is 11.8. The lowest BCUT2D eigenvalue weighted by Crippen LogP contribution is -2.24. The van der Waals surface area contributed by atoms with Crippen LogP contribution in [-0.4, -0.2) is 9.78 Å². The van der Waals surface area contributed by atoms with Crippen LogP contribution in [0, 0.1) is 20.8 Å². The molecule has 1 atom stereocenters. The maximum Gasteiger partial charge on any atom is 0.205 e. The van der Waals surface area contributed by atoms with Crippen LogP contribution in [0.4, 0.5) is 0 Å². The Bertz CT molecular complexity index is 672. The van der Waals surface area contributed by atoms with Gasteiger partial charge in [-0.05, 0) is 51.0 Å². The Balaban J connectivity index is 2.64. The lowest BCUT2D eigenvalue weighted by atomic mass is 10.1. The van der Waals surface area contributed by atoms with Gasteiger partial charge in [0.05, 0.1) is 5.69 Å². The van der Waals surface area contributed by atoms with Gasteiger partial charge >= 0.3 is 0 Å². The van der Waals surface area contributed by atoms with Gasteiger partial charge in [0.25, 0.3) is 0 Å². The topological polar surface area (TPSA) is 60.9 Å². The fourth-order valence-corrected chi connectivity index (χ4v) is 1.99. The Morgan fingerprint density at radius 2 is 1.84 bits per heavy atom. The van der Waals surface area contributed by atoms with Crippen molar-refractivity contribution in [3.63, 3.8) is 0 Å². The second kappa shape index (κ2) is 4.97. The molecule has 0 spiro atoms. The number of hydrogen-bond acceptors (Lipinski definition) is 3. The molecule has 0 amide bonds. The second-order valence-electron chi connectivity index (χ2n) is 5.00. The minimum atomic E-state index is -0.370. The Kier molecular flexibility index (Phi) is 3.53. The van der Waals surface area contributed by atoms with Gasteiger partial charge in [-0.3, -0.25) is 4.79 Å². The lowest BCUT2D eigenvalue weighted by molar-refractivity contribution is 0.686. The van der Waals surface area contributed by atoms with Crippen LogP contribution in [-0.2, 0) is 0 Å². The molecule has 1 aromatic heterocycles. The van der Waals surface area contributed by atoms with Gasteiger partial charge in [-0.1, -0.05) is 6.07 Å². The average Bonchev–Trinajstić information content (AvgIpc) is 2.32. The summed E-state index contributed by atoms with van der Waals surface area (Å²) in [7, 11) is 0. The standard InChI is InChI=1S/C15H19N3O/c1-9-5-6-13(7-10(9)2)18-11(3)8-14(19)15(17-18)12(4)16/h5-8,12H,16H2,1-4H3. The zero-order valence-electron chi connectivity index (χ0n) is 11.8. The SMILES string of the molecule is Cc1ccc(-n2nc(C(C)N)c(=O)cc2C)cc1C. The number of aromatic nitrogens is 2. The molecular weight excluding hydrogens is 238 g/mol. The number of nitrogens with zero attached hydrogens (tertiary/aromatic N) is 2. The molecule has 2 N–H and O–H groups in total. The molecule has 0 fully saturated rings. The van der Waals surface area contributed by atoms with Crippen LogP contribution < -0.4 is 11.2 Å². The molecular formula is C15H19N3O. The third-order valence-electron chi connectivity index (χ3n) is 3.30. The Morgan fingerprint density at radius 1 is 1.16 bits per heavy atom. The Hall–Kier alpha value is -1.94. The quantitative estimate of drug-likeness (QED) is 0.897. The smallest absolute Gasteiger partial charge is 0.205 e. The van der Waals surface area contributed by atoms with Crippen LogP contribution in [0.25, 0.3) is 5.69 Å². The Labute approximate surface area is 112 Å². The van der Waals surface area contributed by atoms with Gasteiger partial charge in [0, 0.05) is 17.8 Å². The summed E-state index contributed by atoms with van der Waals surface area (Å²) in [6, 6.07) is 7.32. The van der Waals surface area contributed by atoms with E-state index < -0.39 is 0 Å². The van der Waals surface area contributed by atoms with E-state index in [4.69, 9.17) is 5.73 Å². The van der Waals surface area contributed by atoms with Crippen LogP contribution in [0.2, 0.25) is 0 Å². The van der Waals surface area contributed by atoms with Crippen molar-refractivity contribution in [2.24, 2.45) is 5.73 Å². The van der Waals surface area contributed by atoms with E-state index in [1.807, 2.05) is 13.0 Å². The first kappa shape index (κ1) is 13.5. The lowest BCUT2D eigenvalue weighted by Gasteiger charge is -2.14. The molecule has 0 saturated carbocycles. The van der Waals surface area contributed by atoms with Gasteiger partial charge in [-0.2, -0.15) is 5.10 Å². The van der Waals surface area contributed by atoms with Crippen molar-refractivity contribution in [2.75, 3.05) is 0 Å². The molecule has 0 aliphatic carbocycles. The minimum Gasteiger partial charge on any atom is -0.323 e. The van der Waals surface area contributed by atoms with Crippen LogP contribution in [0.5, 0.6) is 0 Å². The molecule has 0 bridgehead atoms. The summed E-state index contributed by atoms with van der Waals surface area (Å²) >= 11 is 0. The summed E-state index contributed by atoms with van der Waals surface area (Å²) < 4.78 is 1.77. The minimum absolute atomic E-state index is 0.104. The fourth-order valence-electron chi connectivity index (χ4n) is 1.99. The zero-order chi connectivity index (χ0) is 14.2. The van der Waals surface area contributed by atoms with Gasteiger partial charge in [0.2, 0.25) is 5.43 Å². The van der Waals surface area contributed by atoms with E-state index >= 15 is 0 Å². The van der Waals surface area contributed by atoms with Gasteiger partial charge in [-0.25, -0.2) is 4.68 Å². The van der Waals surface area contributed by atoms with E-state index in [-0.39, 0.29) is 11.5 Å². The first-order chi connectivity index (χ1) is 8.90. The summed E-state index contributed by atoms with van der Waals surface area (Å²) in [6.45, 7) is 7.76. The molecule has 4 heteroatoms. The van der Waals surface area contributed by atoms with Crippen LogP contribution >= 0.6 is 0 Å². The zero-order valence-corrected chi connectivity index (χ0v) is 11.8. The summed E-state index contributed by atoms with van der Waals surface area (Å²) in [5, 5.41) is 4.39. The number of aryl methyl sites for hydroxylation is 3. The molecule has 2 rings (SSSR count). The molecule has 0 saturated heterocycles. The third-order valence-corrected chi connectivity index (χ3v) is 3.30. The van der Waals surface area contributed by atoms with E-state index in [0.29, 0.717) is 5.69 Å². The molecule has 1 heterocycles. The fraction of sp³-hybridized carbons (Fsp3) is 0.333. The van der Waals surface area contributed by atoms with Gasteiger partial charge in [0.15, 0.2) is 0 Å². The molecule has 2 aromatic rings. The Morgan fingerprint density at radius 3 is 2.42 bits per heavy atom. The second-order valence-corrected chi connectivity index (χ2v) is 5.00. The summed E-state index contributed by atoms with van der Waals surface area (Å²) in [6.07, 6.45) is 0. The largest absolute Gasteiger partial charge is 0.323 e. The van der Waals surface area contributed by atoms with E-state index in [0.717, 1.165) is 11.4 Å². The van der Waals surface area contributed by atoms with Crippen LogP contribution in [0.15, 0.2) is 29.1 Å². The molecule has 1 aromatic carbocycles. The average molecular weight is 257 g/mol. The molecule has 100 valence electrons. The van der Waals surface area contributed by atoms with E-state index in [1.54, 1.807) is 17.7 Å². The number of benzene rings is 1. The predicted octanol–water partition coefficient (Wildman–Crippen LogP) is 2.18. The van der Waals surface area contributed by atoms with Crippen LogP contribution in [0.3, 0.4) is 0 Å². The molecule has 4 nitrogen and oxygen atoms in total. The highest BCUT2D eigenvalue weighted by Gasteiger charge is 2.11. The van der Waals surface area contributed by atoms with Crippen molar-refractivity contribution in [3.8, 4) is 5.69 Å². The van der Waals surface area contributed by atoms with Crippen molar-refractivity contribution in [3.05, 3.63) is 57.0 Å². The van der Waals surface area contributed by atoms with Gasteiger partial charge < -0.3 is 5.73 Å². The molecule has 19 heavy (non-hydrogen) atoms. The molecule has 0 aliphatic heterocycles. The molecule has 0 radical (unpaired) electrons. The van der Waals surface area contributed by atoms with E-state index in [1.165, 1.54) is 11.1 Å². The highest BCUT2D eigenvalue weighted by molar-refractivity contribution is 5.40. The molecule has 1 unspecified atom stereocenters. The summed E-state index contributed by atoms with van der Waals surface area (Å²) in [5.41, 5.74) is 10.3. The maximum absolute atomic E-state index is 11.8. The van der Waals surface area contributed by atoms with Crippen molar-refractivity contribution >= 4 is 0 Å². The van der Waals surface area contributed by atoms with Gasteiger partial charge in [0.1, 0.15) is 5.69 Å². The number of hydrogen-bond donors (Lipinski definition) is 1. The molecule has 0 aliphatic rings. The predicted molar refractivity (Wildman–Crippen MR) is 76.6 cm³/mol. The summed E-state index contributed by atoms with van der Waals surface area (Å²) in [4.78, 5) is 11.8. The highest BCUT2D eigenvalue weighted by Crippen LogP contribution is 2.15. The number of rotatable bonds is 2.